The molecule has 0 saturated heterocycles. The Labute approximate surface area is 160 Å². The molecule has 0 amide bonds. The Morgan fingerprint density at radius 3 is 2.04 bits per heavy atom. The first-order chi connectivity index (χ1) is 10.3. The lowest BCUT2D eigenvalue weighted by atomic mass is 9.80. The molecule has 132 valence electrons. The molecule has 2 aliphatic rings. The van der Waals surface area contributed by atoms with Gasteiger partial charge in [-0.15, -0.1) is 0 Å². The van der Waals surface area contributed by atoms with Gasteiger partial charge in [0.15, 0.2) is 0 Å². The average molecular weight is 446 g/mol. The van der Waals surface area contributed by atoms with E-state index in [0.717, 1.165) is 27.1 Å². The Balaban J connectivity index is 1.98. The third-order valence-corrected chi connectivity index (χ3v) is 7.29. The largest absolute Gasteiger partial charge is 0.0877 e. The molecule has 0 heterocycles. The van der Waals surface area contributed by atoms with E-state index in [2.05, 4.69) is 105 Å². The fraction of sp³-hybridized carbons (Fsp3) is 0.810. The fourth-order valence-corrected chi connectivity index (χ4v) is 6.19. The van der Waals surface area contributed by atoms with Crippen LogP contribution in [0.2, 0.25) is 0 Å². The van der Waals surface area contributed by atoms with Crippen LogP contribution < -0.4 is 0 Å². The molecule has 2 fully saturated rings. The van der Waals surface area contributed by atoms with Gasteiger partial charge in [0.25, 0.3) is 0 Å². The lowest BCUT2D eigenvalue weighted by Gasteiger charge is -2.25. The van der Waals surface area contributed by atoms with Crippen molar-refractivity contribution in [2.45, 2.75) is 61.8 Å². The van der Waals surface area contributed by atoms with Crippen molar-refractivity contribution in [2.24, 2.45) is 45.8 Å². The van der Waals surface area contributed by atoms with Crippen LogP contribution in [0.25, 0.3) is 0 Å². The molecule has 23 heavy (non-hydrogen) atoms. The van der Waals surface area contributed by atoms with Gasteiger partial charge >= 0.3 is 0 Å². The number of rotatable bonds is 6. The molecule has 0 aliphatic heterocycles. The van der Waals surface area contributed by atoms with Crippen LogP contribution in [0.3, 0.4) is 0 Å². The molecule has 0 radical (unpaired) electrons. The Hall–Kier alpha value is 0.440. The first-order valence-corrected chi connectivity index (χ1v) is 10.6. The van der Waals surface area contributed by atoms with E-state index < -0.39 is 0 Å². The third kappa shape index (κ3) is 3.84. The van der Waals surface area contributed by atoms with Gasteiger partial charge in [0.05, 0.1) is 3.39 Å². The summed E-state index contributed by atoms with van der Waals surface area (Å²) in [6, 6.07) is 0. The van der Waals surface area contributed by atoms with Crippen molar-refractivity contribution in [3.05, 3.63) is 21.6 Å². The zero-order valence-electron chi connectivity index (χ0n) is 16.1. The third-order valence-electron chi connectivity index (χ3n) is 6.76. The van der Waals surface area contributed by atoms with Gasteiger partial charge in [-0.1, -0.05) is 73.6 Å². The van der Waals surface area contributed by atoms with E-state index in [-0.39, 0.29) is 0 Å². The molecule has 0 spiro atoms. The molecule has 4 unspecified atom stereocenters. The SMILES string of the molecule is CC(C)C1C(/C=C/CC(C)(C)C2C(C=C(Br)Br)C2(C)C)C1(C)C. The minimum Gasteiger partial charge on any atom is -0.0877 e. The minimum atomic E-state index is 0.350. The van der Waals surface area contributed by atoms with Crippen molar-refractivity contribution in [3.63, 3.8) is 0 Å². The average Bonchev–Trinajstić information content (AvgIpc) is 3.09. The second kappa shape index (κ2) is 6.31. The van der Waals surface area contributed by atoms with Gasteiger partial charge in [-0.05, 0) is 84.1 Å². The first-order valence-electron chi connectivity index (χ1n) is 9.03. The molecule has 2 heteroatoms. The van der Waals surface area contributed by atoms with Gasteiger partial charge in [-0.25, -0.2) is 0 Å². The zero-order chi connectivity index (χ0) is 17.8. The smallest absolute Gasteiger partial charge is 0.0567 e. The maximum absolute atomic E-state index is 3.54. The molecule has 2 rings (SSSR count). The van der Waals surface area contributed by atoms with Gasteiger partial charge in [0.1, 0.15) is 0 Å². The van der Waals surface area contributed by atoms with Crippen LogP contribution in [0.1, 0.15) is 61.8 Å². The van der Waals surface area contributed by atoms with Gasteiger partial charge < -0.3 is 0 Å². The van der Waals surface area contributed by atoms with E-state index in [9.17, 15) is 0 Å². The first kappa shape index (κ1) is 19.8. The van der Waals surface area contributed by atoms with Crippen molar-refractivity contribution >= 4 is 31.9 Å². The van der Waals surface area contributed by atoms with Crippen molar-refractivity contribution < 1.29 is 0 Å². The summed E-state index contributed by atoms with van der Waals surface area (Å²) in [5, 5.41) is 0. The van der Waals surface area contributed by atoms with E-state index in [1.807, 2.05) is 0 Å². The van der Waals surface area contributed by atoms with E-state index in [1.54, 1.807) is 0 Å². The Kier molecular flexibility index (Phi) is 5.42. The van der Waals surface area contributed by atoms with Crippen molar-refractivity contribution in [2.75, 3.05) is 0 Å². The van der Waals surface area contributed by atoms with Crippen LogP contribution in [0.4, 0.5) is 0 Å². The van der Waals surface area contributed by atoms with Gasteiger partial charge in [-0.3, -0.25) is 0 Å². The van der Waals surface area contributed by atoms with Crippen LogP contribution in [-0.4, -0.2) is 0 Å². The van der Waals surface area contributed by atoms with Crippen molar-refractivity contribution in [1.82, 2.24) is 0 Å². The standard InChI is InChI=1S/C21H34Br2/c1-13(2)17-14(20(17,5)6)10-9-11-19(3,4)18-15(12-16(22)23)21(18,7)8/h9-10,12-15,17-18H,11H2,1-8H3/b10-9+. The monoisotopic (exact) mass is 444 g/mol. The molecule has 0 aromatic heterocycles. The second-order valence-electron chi connectivity index (χ2n) is 10.0. The zero-order valence-corrected chi connectivity index (χ0v) is 19.3. The van der Waals surface area contributed by atoms with Gasteiger partial charge in [0.2, 0.25) is 0 Å². The minimum absolute atomic E-state index is 0.350. The van der Waals surface area contributed by atoms with Gasteiger partial charge in [0, 0.05) is 0 Å². The Morgan fingerprint density at radius 2 is 1.61 bits per heavy atom. The normalized spacial score (nSPS) is 34.7. The number of hydrogen-bond acceptors (Lipinski definition) is 0. The van der Waals surface area contributed by atoms with E-state index in [4.69, 9.17) is 0 Å². The molecule has 0 aromatic carbocycles. The van der Waals surface area contributed by atoms with Crippen LogP contribution in [0.15, 0.2) is 21.6 Å². The van der Waals surface area contributed by atoms with Crippen molar-refractivity contribution in [1.29, 1.82) is 0 Å². The highest BCUT2D eigenvalue weighted by molar-refractivity contribution is 9.28. The molecule has 2 saturated carbocycles. The highest BCUT2D eigenvalue weighted by Gasteiger charge is 2.62. The van der Waals surface area contributed by atoms with Crippen LogP contribution >= 0.6 is 31.9 Å². The lowest BCUT2D eigenvalue weighted by Crippen LogP contribution is -2.16. The number of halogens is 2. The summed E-state index contributed by atoms with van der Waals surface area (Å²) in [6.45, 7) is 19.3. The highest BCUT2D eigenvalue weighted by atomic mass is 79.9. The molecule has 4 atom stereocenters. The maximum atomic E-state index is 3.54. The number of allylic oxidation sites excluding steroid dienone is 3. The second-order valence-corrected chi connectivity index (χ2v) is 12.8. The summed E-state index contributed by atoms with van der Waals surface area (Å²) in [7, 11) is 0. The fourth-order valence-electron chi connectivity index (χ4n) is 5.62. The molecule has 0 aromatic rings. The van der Waals surface area contributed by atoms with Gasteiger partial charge in [-0.2, -0.15) is 0 Å². The summed E-state index contributed by atoms with van der Waals surface area (Å²) < 4.78 is 1.09. The highest BCUT2D eigenvalue weighted by Crippen LogP contribution is 2.68. The molecule has 2 aliphatic carbocycles. The topological polar surface area (TPSA) is 0 Å². The predicted molar refractivity (Wildman–Crippen MR) is 110 cm³/mol. The summed E-state index contributed by atoms with van der Waals surface area (Å²) in [6.07, 6.45) is 8.53. The molecule has 0 bridgehead atoms. The molecule has 0 nitrogen and oxygen atoms in total. The van der Waals surface area contributed by atoms with E-state index >= 15 is 0 Å². The number of hydrogen-bond donors (Lipinski definition) is 0. The lowest BCUT2D eigenvalue weighted by molar-refractivity contribution is 0.268. The van der Waals surface area contributed by atoms with Crippen molar-refractivity contribution in [3.8, 4) is 0 Å². The molecular formula is C21H34Br2. The summed E-state index contributed by atoms with van der Waals surface area (Å²) >= 11 is 7.07. The predicted octanol–water partition coefficient (Wildman–Crippen LogP) is 7.79. The quantitative estimate of drug-likeness (QED) is 0.366. The maximum Gasteiger partial charge on any atom is 0.0567 e. The van der Waals surface area contributed by atoms with Crippen LogP contribution in [-0.2, 0) is 0 Å². The Morgan fingerprint density at radius 1 is 1.04 bits per heavy atom. The Bertz CT molecular complexity index is 504. The van der Waals surface area contributed by atoms with Crippen LogP contribution in [0, 0.1) is 45.8 Å². The summed E-state index contributed by atoms with van der Waals surface area (Å²) in [4.78, 5) is 0. The molecular weight excluding hydrogens is 412 g/mol. The molecule has 0 N–H and O–H groups in total. The van der Waals surface area contributed by atoms with Crippen LogP contribution in [0.5, 0.6) is 0 Å². The van der Waals surface area contributed by atoms with E-state index in [0.29, 0.717) is 22.2 Å². The van der Waals surface area contributed by atoms with E-state index in [1.165, 1.54) is 6.42 Å². The summed E-state index contributed by atoms with van der Waals surface area (Å²) in [5.41, 5.74) is 1.26. The summed E-state index contributed by atoms with van der Waals surface area (Å²) in [5.74, 6) is 3.84.